The molecule has 25 heavy (non-hydrogen) atoms. The number of hydrazone groups is 1. The number of nitrogens with zero attached hydrogens (tertiary/aromatic N) is 2. The Morgan fingerprint density at radius 1 is 1.12 bits per heavy atom. The lowest BCUT2D eigenvalue weighted by Crippen LogP contribution is -2.41. The average Bonchev–Trinajstić information content (AvgIpc) is 2.86. The molecule has 0 bridgehead atoms. The van der Waals surface area contributed by atoms with Gasteiger partial charge in [-0.1, -0.05) is 42.5 Å². The molecule has 0 spiro atoms. The molecule has 0 saturated heterocycles. The largest absolute Gasteiger partial charge is 0.489 e. The third-order valence-corrected chi connectivity index (χ3v) is 4.62. The van der Waals surface area contributed by atoms with Crippen molar-refractivity contribution < 1.29 is 14.3 Å². The number of hydrogen-bond acceptors (Lipinski definition) is 4. The van der Waals surface area contributed by atoms with Crippen molar-refractivity contribution in [3.63, 3.8) is 0 Å². The molecule has 2 aromatic rings. The van der Waals surface area contributed by atoms with Crippen molar-refractivity contribution in [2.45, 2.75) is 25.9 Å². The first-order chi connectivity index (χ1) is 12.0. The van der Waals surface area contributed by atoms with Crippen LogP contribution in [0.4, 0.5) is 0 Å². The van der Waals surface area contributed by atoms with Gasteiger partial charge in [0.25, 0.3) is 5.91 Å². The van der Waals surface area contributed by atoms with Crippen molar-refractivity contribution in [2.24, 2.45) is 5.10 Å². The molecule has 1 heterocycles. The first-order valence-electron chi connectivity index (χ1n) is 8.16. The Hall–Kier alpha value is -2.82. The van der Waals surface area contributed by atoms with Gasteiger partial charge in [0.1, 0.15) is 12.4 Å². The molecule has 0 saturated carbocycles. The average molecular weight is 338 g/mol. The van der Waals surface area contributed by atoms with Gasteiger partial charge in [0.15, 0.2) is 5.41 Å². The lowest BCUT2D eigenvalue weighted by Gasteiger charge is -2.26. The van der Waals surface area contributed by atoms with E-state index in [2.05, 4.69) is 5.10 Å². The van der Waals surface area contributed by atoms with E-state index in [0.29, 0.717) is 12.5 Å². The van der Waals surface area contributed by atoms with E-state index < -0.39 is 5.41 Å². The number of aryl methyl sites for hydroxylation is 1. The van der Waals surface area contributed by atoms with Gasteiger partial charge in [0, 0.05) is 7.05 Å². The molecule has 0 radical (unpaired) electrons. The highest BCUT2D eigenvalue weighted by Crippen LogP contribution is 2.35. The first-order valence-corrected chi connectivity index (χ1v) is 8.16. The molecule has 5 nitrogen and oxygen atoms in total. The number of benzene rings is 2. The summed E-state index contributed by atoms with van der Waals surface area (Å²) in [4.78, 5) is 12.8. The number of methoxy groups -OCH3 is 1. The fourth-order valence-corrected chi connectivity index (χ4v) is 3.18. The van der Waals surface area contributed by atoms with Crippen molar-refractivity contribution in [3.05, 3.63) is 65.2 Å². The van der Waals surface area contributed by atoms with Crippen LogP contribution in [-0.4, -0.2) is 31.0 Å². The number of carbonyl (C=O) groups is 1. The third-order valence-electron chi connectivity index (χ3n) is 4.62. The summed E-state index contributed by atoms with van der Waals surface area (Å²) >= 11 is 0. The highest BCUT2D eigenvalue weighted by atomic mass is 16.5. The molecule has 5 heteroatoms. The van der Waals surface area contributed by atoms with Crippen LogP contribution in [0.15, 0.2) is 53.6 Å². The topological polar surface area (TPSA) is 51.1 Å². The van der Waals surface area contributed by atoms with E-state index in [1.807, 2.05) is 62.4 Å². The zero-order valence-corrected chi connectivity index (χ0v) is 14.9. The third kappa shape index (κ3) is 2.86. The smallest absolute Gasteiger partial charge is 0.262 e. The lowest BCUT2D eigenvalue weighted by molar-refractivity contribution is -0.131. The molecule has 1 unspecified atom stereocenters. The summed E-state index contributed by atoms with van der Waals surface area (Å²) in [5, 5.41) is 5.56. The lowest BCUT2D eigenvalue weighted by atomic mass is 9.79. The quantitative estimate of drug-likeness (QED) is 0.860. The van der Waals surface area contributed by atoms with Crippen LogP contribution in [0, 0.1) is 6.92 Å². The number of hydrogen-bond donors (Lipinski definition) is 0. The molecule has 1 aliphatic heterocycles. The number of carbonyl (C=O) groups excluding carboxylic acids is 1. The van der Waals surface area contributed by atoms with Gasteiger partial charge in [-0.25, -0.2) is 5.01 Å². The predicted molar refractivity (Wildman–Crippen MR) is 96.5 cm³/mol. The van der Waals surface area contributed by atoms with Crippen molar-refractivity contribution in [1.82, 2.24) is 5.01 Å². The summed E-state index contributed by atoms with van der Waals surface area (Å²) in [7, 11) is 3.18. The van der Waals surface area contributed by atoms with Crippen LogP contribution in [0.5, 0.6) is 5.75 Å². The molecule has 0 N–H and O–H groups in total. The molecule has 130 valence electrons. The van der Waals surface area contributed by atoms with Gasteiger partial charge in [-0.15, -0.1) is 5.10 Å². The Labute approximate surface area is 147 Å². The zero-order chi connectivity index (χ0) is 18.0. The van der Waals surface area contributed by atoms with Gasteiger partial charge in [-0.3, -0.25) is 4.79 Å². The minimum absolute atomic E-state index is 0.118. The Morgan fingerprint density at radius 3 is 2.52 bits per heavy atom. The van der Waals surface area contributed by atoms with Crippen LogP contribution in [-0.2, 0) is 21.6 Å². The summed E-state index contributed by atoms with van der Waals surface area (Å²) in [6.07, 6.45) is 0. The van der Waals surface area contributed by atoms with Crippen LogP contribution in [0.2, 0.25) is 0 Å². The van der Waals surface area contributed by atoms with E-state index in [1.165, 1.54) is 12.1 Å². The standard InChI is InChI=1S/C20H22N2O3/c1-14-9-5-8-12-17(14)25-13-15-10-6-7-11-16(15)20(2)18(24-4)21-22(3)19(20)23/h5-12H,13H2,1-4H3. The fourth-order valence-electron chi connectivity index (χ4n) is 3.18. The van der Waals surface area contributed by atoms with Crippen LogP contribution < -0.4 is 4.74 Å². The number of likely N-dealkylation sites (N-methyl/N-ethyl adjacent to an activating group) is 1. The normalized spacial score (nSPS) is 19.8. The van der Waals surface area contributed by atoms with Crippen LogP contribution in [0.1, 0.15) is 23.6 Å². The maximum absolute atomic E-state index is 12.8. The van der Waals surface area contributed by atoms with Gasteiger partial charge < -0.3 is 9.47 Å². The predicted octanol–water partition coefficient (Wildman–Crippen LogP) is 3.26. The van der Waals surface area contributed by atoms with Crippen molar-refractivity contribution in [1.29, 1.82) is 0 Å². The van der Waals surface area contributed by atoms with E-state index in [1.54, 1.807) is 7.05 Å². The number of para-hydroxylation sites is 1. The monoisotopic (exact) mass is 338 g/mol. The van der Waals surface area contributed by atoms with Gasteiger partial charge in [-0.05, 0) is 36.6 Å². The molecule has 0 aromatic heterocycles. The molecular formula is C20H22N2O3. The maximum atomic E-state index is 12.8. The first kappa shape index (κ1) is 17.0. The Bertz CT molecular complexity index is 831. The second-order valence-electron chi connectivity index (χ2n) is 6.27. The second kappa shape index (κ2) is 6.59. The summed E-state index contributed by atoms with van der Waals surface area (Å²) < 4.78 is 11.4. The van der Waals surface area contributed by atoms with Crippen LogP contribution >= 0.6 is 0 Å². The number of rotatable bonds is 4. The Balaban J connectivity index is 1.95. The van der Waals surface area contributed by atoms with Crippen molar-refractivity contribution in [2.75, 3.05) is 14.2 Å². The molecule has 2 aromatic carbocycles. The molecule has 0 aliphatic carbocycles. The summed E-state index contributed by atoms with van der Waals surface area (Å²) in [6, 6.07) is 15.6. The van der Waals surface area contributed by atoms with Gasteiger partial charge in [0.2, 0.25) is 5.90 Å². The van der Waals surface area contributed by atoms with E-state index in [9.17, 15) is 4.79 Å². The van der Waals surface area contributed by atoms with Crippen LogP contribution in [0.25, 0.3) is 0 Å². The van der Waals surface area contributed by atoms with Gasteiger partial charge >= 0.3 is 0 Å². The number of ether oxygens (including phenoxy) is 2. The van der Waals surface area contributed by atoms with E-state index in [-0.39, 0.29) is 5.91 Å². The molecule has 1 amide bonds. The van der Waals surface area contributed by atoms with E-state index in [0.717, 1.165) is 22.4 Å². The van der Waals surface area contributed by atoms with Crippen molar-refractivity contribution in [3.8, 4) is 5.75 Å². The van der Waals surface area contributed by atoms with E-state index in [4.69, 9.17) is 9.47 Å². The SMILES string of the molecule is COC1=NN(C)C(=O)C1(C)c1ccccc1COc1ccccc1C. The zero-order valence-electron chi connectivity index (χ0n) is 14.9. The Kier molecular flexibility index (Phi) is 4.49. The molecular weight excluding hydrogens is 316 g/mol. The highest BCUT2D eigenvalue weighted by Gasteiger charge is 2.50. The molecule has 1 atom stereocenters. The molecule has 1 aliphatic rings. The van der Waals surface area contributed by atoms with Crippen LogP contribution in [0.3, 0.4) is 0 Å². The van der Waals surface area contributed by atoms with Gasteiger partial charge in [0.05, 0.1) is 7.11 Å². The van der Waals surface area contributed by atoms with Gasteiger partial charge in [-0.2, -0.15) is 0 Å². The van der Waals surface area contributed by atoms with E-state index >= 15 is 0 Å². The molecule has 3 rings (SSSR count). The Morgan fingerprint density at radius 2 is 1.80 bits per heavy atom. The maximum Gasteiger partial charge on any atom is 0.262 e. The summed E-state index contributed by atoms with van der Waals surface area (Å²) in [5.41, 5.74) is 1.90. The minimum Gasteiger partial charge on any atom is -0.489 e. The fraction of sp³-hybridized carbons (Fsp3) is 0.300. The number of amides is 1. The summed E-state index contributed by atoms with van der Waals surface area (Å²) in [6.45, 7) is 4.21. The molecule has 0 fully saturated rings. The highest BCUT2D eigenvalue weighted by molar-refractivity contribution is 6.13. The minimum atomic E-state index is -0.949. The van der Waals surface area contributed by atoms with Crippen molar-refractivity contribution >= 4 is 11.8 Å². The second-order valence-corrected chi connectivity index (χ2v) is 6.27. The summed E-state index contributed by atoms with van der Waals surface area (Å²) in [5.74, 6) is 1.11.